The number of carbonyl (C=O) groups is 1. The third-order valence-corrected chi connectivity index (χ3v) is 4.17. The van der Waals surface area contributed by atoms with E-state index in [0.29, 0.717) is 18.3 Å². The molecule has 0 aromatic carbocycles. The maximum Gasteiger partial charge on any atom is 0.347 e. The summed E-state index contributed by atoms with van der Waals surface area (Å²) in [4.78, 5) is 26.7. The van der Waals surface area contributed by atoms with E-state index in [4.69, 9.17) is 4.74 Å². The van der Waals surface area contributed by atoms with Crippen molar-refractivity contribution in [1.29, 1.82) is 0 Å². The summed E-state index contributed by atoms with van der Waals surface area (Å²) in [7, 11) is 0. The first kappa shape index (κ1) is 18.3. The van der Waals surface area contributed by atoms with Gasteiger partial charge in [-0.2, -0.15) is 0 Å². The average molecular weight is 337 g/mol. The van der Waals surface area contributed by atoms with Crippen molar-refractivity contribution in [3.63, 3.8) is 0 Å². The molecule has 0 saturated carbocycles. The summed E-state index contributed by atoms with van der Waals surface area (Å²) >= 11 is 0. The first-order valence-electron chi connectivity index (χ1n) is 8.71. The molecular weight excluding hydrogens is 310 g/mol. The average Bonchev–Trinajstić information content (AvgIpc) is 2.55. The second kappa shape index (κ2) is 8.17. The van der Waals surface area contributed by atoms with E-state index in [1.54, 1.807) is 6.92 Å². The van der Waals surface area contributed by atoms with E-state index in [1.807, 2.05) is 4.90 Å². The smallest absolute Gasteiger partial charge is 0.347 e. The van der Waals surface area contributed by atoms with Crippen LogP contribution in [0.5, 0.6) is 5.75 Å². The molecule has 134 valence electrons. The van der Waals surface area contributed by atoms with E-state index in [-0.39, 0.29) is 17.9 Å². The van der Waals surface area contributed by atoms with Crippen LogP contribution in [0.1, 0.15) is 56.8 Å². The van der Waals surface area contributed by atoms with Crippen LogP contribution in [0.3, 0.4) is 0 Å². The third kappa shape index (κ3) is 4.07. The zero-order valence-electron chi connectivity index (χ0n) is 14.7. The molecule has 1 N–H and O–H groups in total. The van der Waals surface area contributed by atoms with Crippen molar-refractivity contribution in [3.05, 3.63) is 15.9 Å². The largest absolute Gasteiger partial charge is 0.503 e. The lowest BCUT2D eigenvalue weighted by molar-refractivity contribution is 0.0519. The first-order valence-corrected chi connectivity index (χ1v) is 8.71. The lowest BCUT2D eigenvalue weighted by Gasteiger charge is -2.28. The zero-order valence-corrected chi connectivity index (χ0v) is 14.7. The number of hydrogen-bond donors (Lipinski definition) is 1. The van der Waals surface area contributed by atoms with E-state index in [0.717, 1.165) is 38.8 Å². The van der Waals surface area contributed by atoms with Crippen LogP contribution in [0.25, 0.3) is 0 Å². The quantitative estimate of drug-likeness (QED) is 0.801. The number of nitrogens with zero attached hydrogens (tertiary/aromatic N) is 3. The molecule has 0 unspecified atom stereocenters. The number of esters is 1. The molecule has 1 aromatic rings. The summed E-state index contributed by atoms with van der Waals surface area (Å²) in [6.45, 7) is 7.84. The Hall–Kier alpha value is -2.05. The summed E-state index contributed by atoms with van der Waals surface area (Å²) in [5.74, 6) is -0.446. The molecule has 1 aromatic heterocycles. The Labute approximate surface area is 142 Å². The van der Waals surface area contributed by atoms with Gasteiger partial charge in [-0.05, 0) is 38.5 Å². The monoisotopic (exact) mass is 337 g/mol. The fourth-order valence-corrected chi connectivity index (χ4v) is 2.79. The van der Waals surface area contributed by atoms with Gasteiger partial charge in [0, 0.05) is 19.6 Å². The number of aryl methyl sites for hydroxylation is 1. The van der Waals surface area contributed by atoms with Gasteiger partial charge in [0.1, 0.15) is 0 Å². The molecule has 0 radical (unpaired) electrons. The lowest BCUT2D eigenvalue weighted by Crippen LogP contribution is -2.36. The molecule has 1 fully saturated rings. The van der Waals surface area contributed by atoms with Crippen molar-refractivity contribution >= 4 is 11.8 Å². The van der Waals surface area contributed by atoms with Gasteiger partial charge in [-0.1, -0.05) is 13.8 Å². The predicted molar refractivity (Wildman–Crippen MR) is 91.6 cm³/mol. The van der Waals surface area contributed by atoms with Crippen molar-refractivity contribution in [2.75, 3.05) is 24.6 Å². The zero-order chi connectivity index (χ0) is 17.7. The molecule has 0 spiro atoms. The summed E-state index contributed by atoms with van der Waals surface area (Å²) in [6, 6.07) is 0. The fraction of sp³-hybridized carbons (Fsp3) is 0.706. The normalized spacial score (nSPS) is 14.9. The van der Waals surface area contributed by atoms with Crippen molar-refractivity contribution in [1.82, 2.24) is 9.78 Å². The molecule has 7 nitrogen and oxygen atoms in total. The van der Waals surface area contributed by atoms with Crippen LogP contribution in [0.4, 0.5) is 5.82 Å². The molecule has 0 bridgehead atoms. The molecule has 1 saturated heterocycles. The van der Waals surface area contributed by atoms with Gasteiger partial charge in [-0.25, -0.2) is 9.48 Å². The summed E-state index contributed by atoms with van der Waals surface area (Å²) < 4.78 is 6.24. The minimum atomic E-state index is -0.793. The van der Waals surface area contributed by atoms with Gasteiger partial charge in [-0.15, -0.1) is 5.10 Å². The maximum absolute atomic E-state index is 12.6. The van der Waals surface area contributed by atoms with Gasteiger partial charge in [0.05, 0.1) is 6.61 Å². The summed E-state index contributed by atoms with van der Waals surface area (Å²) in [5, 5.41) is 14.8. The Morgan fingerprint density at radius 3 is 2.54 bits per heavy atom. The molecule has 1 aliphatic heterocycles. The van der Waals surface area contributed by atoms with Gasteiger partial charge >= 0.3 is 5.97 Å². The van der Waals surface area contributed by atoms with Crippen LogP contribution in [0, 0.1) is 5.92 Å². The van der Waals surface area contributed by atoms with E-state index in [9.17, 15) is 14.7 Å². The van der Waals surface area contributed by atoms with Gasteiger partial charge in [0.25, 0.3) is 5.56 Å². The van der Waals surface area contributed by atoms with E-state index in [1.165, 1.54) is 4.68 Å². The van der Waals surface area contributed by atoms with Crippen LogP contribution in [-0.4, -0.2) is 40.6 Å². The molecule has 2 rings (SSSR count). The number of carbonyl (C=O) groups excluding carboxylic acids is 1. The molecule has 2 heterocycles. The minimum Gasteiger partial charge on any atom is -0.503 e. The Bertz CT molecular complexity index is 633. The van der Waals surface area contributed by atoms with Gasteiger partial charge in [0.15, 0.2) is 17.1 Å². The summed E-state index contributed by atoms with van der Waals surface area (Å²) in [6.07, 6.45) is 3.90. The molecule has 0 amide bonds. The number of hydrogen-bond acceptors (Lipinski definition) is 6. The molecule has 1 aliphatic rings. The second-order valence-corrected chi connectivity index (χ2v) is 6.53. The lowest BCUT2D eigenvalue weighted by atomic mass is 10.1. The standard InChI is InChI=1S/C17H27N3O4/c1-4-24-17(23)13-14(21)15(19-9-6-5-7-10-19)18-20(16(13)22)11-8-12(2)3/h12,21H,4-11H2,1-3H3. The van der Waals surface area contributed by atoms with Gasteiger partial charge in [-0.3, -0.25) is 4.79 Å². The third-order valence-electron chi connectivity index (χ3n) is 4.17. The van der Waals surface area contributed by atoms with Crippen molar-refractivity contribution in [3.8, 4) is 5.75 Å². The van der Waals surface area contributed by atoms with Crippen LogP contribution >= 0.6 is 0 Å². The van der Waals surface area contributed by atoms with Gasteiger partial charge < -0.3 is 14.7 Å². The highest BCUT2D eigenvalue weighted by Crippen LogP contribution is 2.29. The second-order valence-electron chi connectivity index (χ2n) is 6.53. The molecular formula is C17H27N3O4. The van der Waals surface area contributed by atoms with Crippen LogP contribution < -0.4 is 10.5 Å². The van der Waals surface area contributed by atoms with Crippen LogP contribution in [-0.2, 0) is 11.3 Å². The number of anilines is 1. The van der Waals surface area contributed by atoms with E-state index in [2.05, 4.69) is 18.9 Å². The van der Waals surface area contributed by atoms with Crippen LogP contribution in [0.15, 0.2) is 4.79 Å². The van der Waals surface area contributed by atoms with Crippen molar-refractivity contribution in [2.45, 2.75) is 53.0 Å². The van der Waals surface area contributed by atoms with E-state index < -0.39 is 11.5 Å². The van der Waals surface area contributed by atoms with Crippen molar-refractivity contribution in [2.24, 2.45) is 5.92 Å². The molecule has 0 aliphatic carbocycles. The molecule has 0 atom stereocenters. The van der Waals surface area contributed by atoms with Crippen molar-refractivity contribution < 1.29 is 14.6 Å². The van der Waals surface area contributed by atoms with Crippen LogP contribution in [0.2, 0.25) is 0 Å². The maximum atomic E-state index is 12.6. The Morgan fingerprint density at radius 1 is 1.29 bits per heavy atom. The Kier molecular flexibility index (Phi) is 6.23. The first-order chi connectivity index (χ1) is 11.5. The summed E-state index contributed by atoms with van der Waals surface area (Å²) in [5.41, 5.74) is -0.900. The number of aromatic nitrogens is 2. The predicted octanol–water partition coefficient (Wildman–Crippen LogP) is 2.16. The number of ether oxygens (including phenoxy) is 1. The van der Waals surface area contributed by atoms with Gasteiger partial charge in [0.2, 0.25) is 0 Å². The molecule has 7 heteroatoms. The molecule has 24 heavy (non-hydrogen) atoms. The number of aromatic hydroxyl groups is 1. The Morgan fingerprint density at radius 2 is 1.96 bits per heavy atom. The minimum absolute atomic E-state index is 0.144. The number of piperidine rings is 1. The number of rotatable bonds is 6. The highest BCUT2D eigenvalue weighted by molar-refractivity contribution is 5.93. The fourth-order valence-electron chi connectivity index (χ4n) is 2.79. The Balaban J connectivity index is 2.48. The topological polar surface area (TPSA) is 84.7 Å². The highest BCUT2D eigenvalue weighted by Gasteiger charge is 2.27. The van der Waals surface area contributed by atoms with E-state index >= 15 is 0 Å². The SMILES string of the molecule is CCOC(=O)c1c(O)c(N2CCCCC2)nn(CCC(C)C)c1=O. The highest BCUT2D eigenvalue weighted by atomic mass is 16.5.